The summed E-state index contributed by atoms with van der Waals surface area (Å²) in [6.07, 6.45) is 0.445. The van der Waals surface area contributed by atoms with Crippen molar-refractivity contribution in [3.05, 3.63) is 0 Å². The maximum atomic E-state index is 12.0. The van der Waals surface area contributed by atoms with E-state index in [9.17, 15) is 9.59 Å². The second-order valence-electron chi connectivity index (χ2n) is 4.70. The number of amides is 1. The molecule has 3 N–H and O–H groups in total. The number of carbonyl (C=O) groups excluding carboxylic acids is 1. The number of rotatable bonds is 3. The van der Waals surface area contributed by atoms with Crippen LogP contribution < -0.4 is 5.73 Å². The average Bonchev–Trinajstić information content (AvgIpc) is 2.97. The van der Waals surface area contributed by atoms with Gasteiger partial charge in [0.05, 0.1) is 0 Å². The zero-order valence-electron chi connectivity index (χ0n) is 9.67. The zero-order chi connectivity index (χ0) is 12.4. The number of nitrogens with two attached hydrogens (primary N) is 1. The minimum absolute atomic E-state index is 0.0790. The van der Waals surface area contributed by atoms with Crippen LogP contribution in [-0.4, -0.2) is 53.7 Å². The van der Waals surface area contributed by atoms with Crippen molar-refractivity contribution in [1.82, 2.24) is 4.90 Å². The first-order chi connectivity index (χ1) is 8.11. The summed E-state index contributed by atoms with van der Waals surface area (Å²) < 4.78 is 5.24. The molecule has 0 aliphatic carbocycles. The average molecular weight is 242 g/mol. The number of aliphatic carboxylic acids is 1. The van der Waals surface area contributed by atoms with Gasteiger partial charge in [0.25, 0.3) is 5.91 Å². The fourth-order valence-corrected chi connectivity index (χ4v) is 2.43. The number of hydrogen-bond donors (Lipinski definition) is 2. The summed E-state index contributed by atoms with van der Waals surface area (Å²) in [4.78, 5) is 24.5. The van der Waals surface area contributed by atoms with Crippen LogP contribution in [0.1, 0.15) is 19.3 Å². The van der Waals surface area contributed by atoms with Gasteiger partial charge in [-0.1, -0.05) is 0 Å². The van der Waals surface area contributed by atoms with Crippen LogP contribution in [0, 0.1) is 5.92 Å². The SMILES string of the molecule is NCC1CCN(C(=O)C2CCC(C(=O)O)O2)C1. The first kappa shape index (κ1) is 12.3. The standard InChI is InChI=1S/C11H18N2O4/c12-5-7-3-4-13(6-7)10(14)8-1-2-9(17-8)11(15)16/h7-9H,1-6,12H2,(H,15,16). The predicted molar refractivity (Wildman–Crippen MR) is 59.3 cm³/mol. The third kappa shape index (κ3) is 2.58. The molecule has 0 saturated carbocycles. The van der Waals surface area contributed by atoms with Gasteiger partial charge in [0.15, 0.2) is 6.10 Å². The second-order valence-corrected chi connectivity index (χ2v) is 4.70. The molecule has 0 radical (unpaired) electrons. The maximum Gasteiger partial charge on any atom is 0.332 e. The van der Waals surface area contributed by atoms with Crippen molar-refractivity contribution in [1.29, 1.82) is 0 Å². The van der Waals surface area contributed by atoms with Gasteiger partial charge in [-0.2, -0.15) is 0 Å². The smallest absolute Gasteiger partial charge is 0.332 e. The van der Waals surface area contributed by atoms with Crippen LogP contribution in [0.3, 0.4) is 0 Å². The van der Waals surface area contributed by atoms with Gasteiger partial charge in [-0.3, -0.25) is 4.79 Å². The summed E-state index contributed by atoms with van der Waals surface area (Å²) in [5.74, 6) is -0.693. The number of nitrogens with zero attached hydrogens (tertiary/aromatic N) is 1. The summed E-state index contributed by atoms with van der Waals surface area (Å²) in [7, 11) is 0. The normalized spacial score (nSPS) is 33.0. The molecule has 0 aromatic carbocycles. The van der Waals surface area contributed by atoms with Gasteiger partial charge >= 0.3 is 5.97 Å². The number of carboxylic acid groups (broad SMARTS) is 1. The first-order valence-corrected chi connectivity index (χ1v) is 5.99. The molecule has 2 heterocycles. The van der Waals surface area contributed by atoms with E-state index in [1.165, 1.54) is 0 Å². The highest BCUT2D eigenvalue weighted by Crippen LogP contribution is 2.24. The van der Waals surface area contributed by atoms with E-state index in [1.807, 2.05) is 0 Å². The molecule has 6 heteroatoms. The summed E-state index contributed by atoms with van der Waals surface area (Å²) >= 11 is 0. The molecule has 6 nitrogen and oxygen atoms in total. The monoisotopic (exact) mass is 242 g/mol. The molecule has 96 valence electrons. The Hall–Kier alpha value is -1.14. The maximum absolute atomic E-state index is 12.0. The number of ether oxygens (including phenoxy) is 1. The topological polar surface area (TPSA) is 92.9 Å². The fourth-order valence-electron chi connectivity index (χ4n) is 2.43. The Kier molecular flexibility index (Phi) is 3.63. The lowest BCUT2D eigenvalue weighted by Crippen LogP contribution is -2.38. The molecule has 3 atom stereocenters. The van der Waals surface area contributed by atoms with Crippen LogP contribution in [0.25, 0.3) is 0 Å². The van der Waals surface area contributed by atoms with Gasteiger partial charge in [0, 0.05) is 13.1 Å². The summed E-state index contributed by atoms with van der Waals surface area (Å²) in [6.45, 7) is 1.97. The van der Waals surface area contributed by atoms with Gasteiger partial charge in [0.2, 0.25) is 0 Å². The lowest BCUT2D eigenvalue weighted by Gasteiger charge is -2.20. The number of carbonyl (C=O) groups is 2. The van der Waals surface area contributed by atoms with Crippen LogP contribution in [0.2, 0.25) is 0 Å². The van der Waals surface area contributed by atoms with Crippen LogP contribution in [-0.2, 0) is 14.3 Å². The second kappa shape index (κ2) is 5.01. The summed E-state index contributed by atoms with van der Waals surface area (Å²) in [5.41, 5.74) is 5.56. The number of hydrogen-bond acceptors (Lipinski definition) is 4. The van der Waals surface area contributed by atoms with E-state index in [0.29, 0.717) is 38.4 Å². The van der Waals surface area contributed by atoms with Crippen molar-refractivity contribution < 1.29 is 19.4 Å². The van der Waals surface area contributed by atoms with Crippen molar-refractivity contribution in [2.45, 2.75) is 31.5 Å². The van der Waals surface area contributed by atoms with Crippen molar-refractivity contribution in [2.24, 2.45) is 11.7 Å². The molecule has 2 saturated heterocycles. The number of likely N-dealkylation sites (tertiary alicyclic amines) is 1. The zero-order valence-corrected chi connectivity index (χ0v) is 9.67. The van der Waals surface area contributed by atoms with Gasteiger partial charge < -0.3 is 20.5 Å². The van der Waals surface area contributed by atoms with E-state index in [1.54, 1.807) is 4.90 Å². The molecule has 1 amide bonds. The summed E-state index contributed by atoms with van der Waals surface area (Å²) in [5, 5.41) is 8.79. The molecule has 0 bridgehead atoms. The highest BCUT2D eigenvalue weighted by molar-refractivity contribution is 5.83. The van der Waals surface area contributed by atoms with Crippen molar-refractivity contribution >= 4 is 11.9 Å². The molecule has 17 heavy (non-hydrogen) atoms. The molecule has 0 aromatic rings. The van der Waals surface area contributed by atoms with Gasteiger partial charge in [-0.25, -0.2) is 4.79 Å². The molecular weight excluding hydrogens is 224 g/mol. The Morgan fingerprint density at radius 1 is 1.29 bits per heavy atom. The lowest BCUT2D eigenvalue weighted by molar-refractivity contribution is -0.154. The Labute approximate surface area is 99.7 Å². The molecule has 2 aliphatic heterocycles. The predicted octanol–water partition coefficient (Wildman–Crippen LogP) is -0.574. The Bertz CT molecular complexity index is 321. The largest absolute Gasteiger partial charge is 0.479 e. The quantitative estimate of drug-likeness (QED) is 0.691. The van der Waals surface area contributed by atoms with Gasteiger partial charge in [-0.15, -0.1) is 0 Å². The van der Waals surface area contributed by atoms with E-state index in [4.69, 9.17) is 15.6 Å². The van der Waals surface area contributed by atoms with Gasteiger partial charge in [-0.05, 0) is 31.7 Å². The van der Waals surface area contributed by atoms with E-state index in [-0.39, 0.29) is 5.91 Å². The van der Waals surface area contributed by atoms with Crippen LogP contribution in [0.4, 0.5) is 0 Å². The van der Waals surface area contributed by atoms with Crippen molar-refractivity contribution in [2.75, 3.05) is 19.6 Å². The van der Waals surface area contributed by atoms with Gasteiger partial charge in [0.1, 0.15) is 6.10 Å². The third-order valence-electron chi connectivity index (χ3n) is 3.50. The molecular formula is C11H18N2O4. The lowest BCUT2D eigenvalue weighted by atomic mass is 10.1. The van der Waals surface area contributed by atoms with Crippen LogP contribution in [0.5, 0.6) is 0 Å². The van der Waals surface area contributed by atoms with E-state index in [2.05, 4.69) is 0 Å². The van der Waals surface area contributed by atoms with Crippen LogP contribution in [0.15, 0.2) is 0 Å². The minimum Gasteiger partial charge on any atom is -0.479 e. The van der Waals surface area contributed by atoms with Crippen molar-refractivity contribution in [3.63, 3.8) is 0 Å². The van der Waals surface area contributed by atoms with Crippen molar-refractivity contribution in [3.8, 4) is 0 Å². The van der Waals surface area contributed by atoms with E-state index < -0.39 is 18.2 Å². The van der Waals surface area contributed by atoms with Crippen LogP contribution >= 0.6 is 0 Å². The van der Waals surface area contributed by atoms with E-state index in [0.717, 1.165) is 6.42 Å². The Balaban J connectivity index is 1.87. The molecule has 2 aliphatic rings. The highest BCUT2D eigenvalue weighted by atomic mass is 16.5. The molecule has 0 aromatic heterocycles. The molecule has 2 rings (SSSR count). The number of carboxylic acids is 1. The molecule has 0 spiro atoms. The van der Waals surface area contributed by atoms with E-state index >= 15 is 0 Å². The third-order valence-corrected chi connectivity index (χ3v) is 3.50. The Morgan fingerprint density at radius 2 is 2.00 bits per heavy atom. The molecule has 2 fully saturated rings. The fraction of sp³-hybridized carbons (Fsp3) is 0.818. The highest BCUT2D eigenvalue weighted by Gasteiger charge is 2.38. The first-order valence-electron chi connectivity index (χ1n) is 5.99. The molecule has 3 unspecified atom stereocenters. The summed E-state index contributed by atoms with van der Waals surface area (Å²) in [6, 6.07) is 0. The Morgan fingerprint density at radius 3 is 2.53 bits per heavy atom. The minimum atomic E-state index is -0.985.